The summed E-state index contributed by atoms with van der Waals surface area (Å²) in [6, 6.07) is 7.50. The number of fused-ring (bicyclic) bond motifs is 1. The lowest BCUT2D eigenvalue weighted by molar-refractivity contribution is -0.156. The molecule has 0 unspecified atom stereocenters. The molecule has 0 aliphatic carbocycles. The zero-order valence-electron chi connectivity index (χ0n) is 11.6. The summed E-state index contributed by atoms with van der Waals surface area (Å²) in [5.74, 6) is -1.96. The zero-order chi connectivity index (χ0) is 15.3. The van der Waals surface area contributed by atoms with Crippen molar-refractivity contribution in [1.82, 2.24) is 4.90 Å². The molecule has 0 aromatic heterocycles. The number of hydrogen-bond acceptors (Lipinski definition) is 4. The van der Waals surface area contributed by atoms with Crippen LogP contribution < -0.4 is 0 Å². The maximum atomic E-state index is 12.1. The lowest BCUT2D eigenvalue weighted by Gasteiger charge is -2.43. The quantitative estimate of drug-likeness (QED) is 0.831. The van der Waals surface area contributed by atoms with Crippen LogP contribution in [0.1, 0.15) is 18.1 Å². The Morgan fingerprint density at radius 3 is 2.62 bits per heavy atom. The third-order valence-corrected chi connectivity index (χ3v) is 5.29. The number of rotatable bonds is 3. The molecule has 6 heteroatoms. The number of hydrogen-bond donors (Lipinski definition) is 2. The second kappa shape index (κ2) is 4.89. The van der Waals surface area contributed by atoms with Gasteiger partial charge in [0.1, 0.15) is 11.1 Å². The topological polar surface area (TPSA) is 77.8 Å². The number of benzene rings is 1. The average molecular weight is 305 g/mol. The number of carbonyl (C=O) groups excluding carboxylic acids is 1. The monoisotopic (exact) mass is 305 g/mol. The second-order valence-electron chi connectivity index (χ2n) is 5.28. The molecule has 0 radical (unpaired) electrons. The summed E-state index contributed by atoms with van der Waals surface area (Å²) >= 11 is 1.35. The highest BCUT2D eigenvalue weighted by atomic mass is 32.2. The van der Waals surface area contributed by atoms with Gasteiger partial charge in [0.2, 0.25) is 5.91 Å². The minimum atomic E-state index is -1.11. The van der Waals surface area contributed by atoms with Crippen molar-refractivity contribution in [3.8, 4) is 0 Å². The van der Waals surface area contributed by atoms with Gasteiger partial charge < -0.3 is 10.2 Å². The molecule has 5 nitrogen and oxygen atoms in total. The molecule has 1 amide bonds. The van der Waals surface area contributed by atoms with Crippen molar-refractivity contribution in [2.45, 2.75) is 25.3 Å². The van der Waals surface area contributed by atoms with Crippen LogP contribution in [-0.4, -0.2) is 38.5 Å². The van der Waals surface area contributed by atoms with Gasteiger partial charge in [0.05, 0.1) is 12.0 Å². The number of carboxylic acid groups (broad SMARTS) is 1. The SMILES string of the molecule is Cc1ccccc1C1=C(C(=O)O)N2C(=O)[C@H]([C@@H](C)O)[C@H]2S1. The number of carbonyl (C=O) groups is 2. The Bertz CT molecular complexity index is 667. The van der Waals surface area contributed by atoms with E-state index in [4.69, 9.17) is 0 Å². The number of amides is 1. The van der Waals surface area contributed by atoms with Crippen molar-refractivity contribution >= 4 is 28.5 Å². The molecule has 1 aromatic carbocycles. The van der Waals surface area contributed by atoms with Gasteiger partial charge in [-0.1, -0.05) is 36.0 Å². The molecule has 2 aliphatic rings. The Labute approximate surface area is 126 Å². The van der Waals surface area contributed by atoms with Crippen LogP contribution in [0.5, 0.6) is 0 Å². The number of β-lactam (4-membered cyclic amide) rings is 1. The van der Waals surface area contributed by atoms with E-state index in [9.17, 15) is 19.8 Å². The molecular weight excluding hydrogens is 290 g/mol. The van der Waals surface area contributed by atoms with Gasteiger partial charge in [0.15, 0.2) is 0 Å². The van der Waals surface area contributed by atoms with Gasteiger partial charge in [-0.15, -0.1) is 0 Å². The maximum absolute atomic E-state index is 12.1. The standard InChI is InChI=1S/C15H15NO4S/c1-7-5-3-4-6-9(7)12-11(15(19)20)16-13(18)10(8(2)17)14(16)21-12/h3-6,8,10,14,17H,1-2H3,(H,19,20)/t8-,10+,14-/m1/s1. The predicted molar refractivity (Wildman–Crippen MR) is 79.1 cm³/mol. The fourth-order valence-electron chi connectivity index (χ4n) is 2.80. The highest BCUT2D eigenvalue weighted by molar-refractivity contribution is 8.09. The first-order valence-corrected chi connectivity index (χ1v) is 7.52. The molecule has 21 heavy (non-hydrogen) atoms. The number of nitrogens with zero attached hydrogens (tertiary/aromatic N) is 1. The van der Waals surface area contributed by atoms with Gasteiger partial charge in [0, 0.05) is 4.91 Å². The first-order valence-electron chi connectivity index (χ1n) is 6.65. The van der Waals surface area contributed by atoms with Crippen molar-refractivity contribution in [2.75, 3.05) is 0 Å². The Balaban J connectivity index is 2.07. The van der Waals surface area contributed by atoms with Crippen molar-refractivity contribution in [1.29, 1.82) is 0 Å². The molecule has 3 rings (SSSR count). The highest BCUT2D eigenvalue weighted by Crippen LogP contribution is 2.54. The van der Waals surface area contributed by atoms with Gasteiger partial charge >= 0.3 is 5.97 Å². The number of aliphatic carboxylic acids is 1. The summed E-state index contributed by atoms with van der Waals surface area (Å²) in [4.78, 5) is 25.6. The highest BCUT2D eigenvalue weighted by Gasteiger charge is 2.57. The van der Waals surface area contributed by atoms with E-state index in [2.05, 4.69) is 0 Å². The van der Waals surface area contributed by atoms with E-state index in [1.807, 2.05) is 31.2 Å². The lowest BCUT2D eigenvalue weighted by Crippen LogP contribution is -2.60. The average Bonchev–Trinajstić information content (AvgIpc) is 2.74. The van der Waals surface area contributed by atoms with Gasteiger partial charge in [-0.05, 0) is 25.0 Å². The van der Waals surface area contributed by atoms with Crippen LogP contribution in [-0.2, 0) is 9.59 Å². The number of aliphatic hydroxyl groups excluding tert-OH is 1. The fourth-order valence-corrected chi connectivity index (χ4v) is 4.50. The number of thioether (sulfide) groups is 1. The summed E-state index contributed by atoms with van der Waals surface area (Å²) in [6.45, 7) is 3.47. The van der Waals surface area contributed by atoms with Crippen LogP contribution in [0.25, 0.3) is 4.91 Å². The van der Waals surface area contributed by atoms with Crippen molar-refractivity contribution in [3.63, 3.8) is 0 Å². The van der Waals surface area contributed by atoms with Crippen LogP contribution in [0.15, 0.2) is 30.0 Å². The van der Waals surface area contributed by atoms with Gasteiger partial charge in [-0.25, -0.2) is 4.79 Å². The summed E-state index contributed by atoms with van der Waals surface area (Å²) < 4.78 is 0. The van der Waals surface area contributed by atoms with Crippen molar-refractivity contribution < 1.29 is 19.8 Å². The van der Waals surface area contributed by atoms with E-state index in [-0.39, 0.29) is 17.0 Å². The first-order chi connectivity index (χ1) is 9.93. The molecule has 2 N–H and O–H groups in total. The molecule has 110 valence electrons. The van der Waals surface area contributed by atoms with E-state index in [1.165, 1.54) is 16.7 Å². The van der Waals surface area contributed by atoms with Crippen molar-refractivity contribution in [3.05, 3.63) is 41.1 Å². The largest absolute Gasteiger partial charge is 0.477 e. The summed E-state index contributed by atoms with van der Waals surface area (Å²) in [5.41, 5.74) is 1.81. The molecule has 1 fully saturated rings. The molecule has 1 saturated heterocycles. The Morgan fingerprint density at radius 2 is 2.05 bits per heavy atom. The molecule has 2 aliphatic heterocycles. The van der Waals surface area contributed by atoms with E-state index in [0.717, 1.165) is 11.1 Å². The molecular formula is C15H15NO4S. The maximum Gasteiger partial charge on any atom is 0.353 e. The molecule has 3 atom stereocenters. The third-order valence-electron chi connectivity index (χ3n) is 3.89. The first kappa shape index (κ1) is 14.2. The van der Waals surface area contributed by atoms with Crippen LogP contribution in [0, 0.1) is 12.8 Å². The Kier molecular flexibility index (Phi) is 3.30. The molecule has 0 bridgehead atoms. The fraction of sp³-hybridized carbons (Fsp3) is 0.333. The van der Waals surface area contributed by atoms with Crippen LogP contribution in [0.4, 0.5) is 0 Å². The third kappa shape index (κ3) is 1.98. The predicted octanol–water partition coefficient (Wildman–Crippen LogP) is 1.66. The summed E-state index contributed by atoms with van der Waals surface area (Å²) in [5, 5.41) is 18.9. The van der Waals surface area contributed by atoms with E-state index in [1.54, 1.807) is 6.92 Å². The minimum absolute atomic E-state index is 0.0289. The molecule has 0 saturated carbocycles. The number of aryl methyl sites for hydroxylation is 1. The van der Waals surface area contributed by atoms with Gasteiger partial charge in [-0.2, -0.15) is 0 Å². The van der Waals surface area contributed by atoms with Gasteiger partial charge in [0.25, 0.3) is 0 Å². The van der Waals surface area contributed by atoms with Crippen molar-refractivity contribution in [2.24, 2.45) is 5.92 Å². The van der Waals surface area contributed by atoms with E-state index >= 15 is 0 Å². The molecule has 0 spiro atoms. The normalized spacial score (nSPS) is 25.7. The van der Waals surface area contributed by atoms with Gasteiger partial charge in [-0.3, -0.25) is 9.69 Å². The van der Waals surface area contributed by atoms with E-state index in [0.29, 0.717) is 4.91 Å². The Morgan fingerprint density at radius 1 is 1.38 bits per heavy atom. The minimum Gasteiger partial charge on any atom is -0.477 e. The van der Waals surface area contributed by atoms with E-state index < -0.39 is 18.0 Å². The van der Waals surface area contributed by atoms with Crippen LogP contribution in [0.2, 0.25) is 0 Å². The second-order valence-corrected chi connectivity index (χ2v) is 6.41. The smallest absolute Gasteiger partial charge is 0.353 e. The number of carboxylic acids is 1. The number of aliphatic hydroxyl groups is 1. The summed E-state index contributed by atoms with van der Waals surface area (Å²) in [6.07, 6.45) is -0.780. The summed E-state index contributed by atoms with van der Waals surface area (Å²) in [7, 11) is 0. The zero-order valence-corrected chi connectivity index (χ0v) is 12.4. The molecule has 2 heterocycles. The molecule has 1 aromatic rings. The Hall–Kier alpha value is -1.79. The lowest BCUT2D eigenvalue weighted by atomic mass is 9.92. The van der Waals surface area contributed by atoms with Crippen LogP contribution in [0.3, 0.4) is 0 Å². The van der Waals surface area contributed by atoms with Crippen LogP contribution >= 0.6 is 11.8 Å².